The zero-order chi connectivity index (χ0) is 11.7. The highest BCUT2D eigenvalue weighted by Crippen LogP contribution is 2.38. The van der Waals surface area contributed by atoms with Crippen LogP contribution in [0.5, 0.6) is 0 Å². The molecule has 1 aliphatic rings. The molecule has 0 spiro atoms. The van der Waals surface area contributed by atoms with E-state index in [4.69, 9.17) is 11.6 Å². The van der Waals surface area contributed by atoms with E-state index in [1.54, 1.807) is 0 Å². The molecule has 1 N–H and O–H groups in total. The molecule has 0 aromatic heterocycles. The molecule has 2 heteroatoms. The summed E-state index contributed by atoms with van der Waals surface area (Å²) in [5.41, 5.74) is 3.89. The fraction of sp³-hybridized carbons (Fsp3) is 0.571. The van der Waals surface area contributed by atoms with Crippen molar-refractivity contribution < 1.29 is 0 Å². The Morgan fingerprint density at radius 2 is 2.00 bits per heavy atom. The fourth-order valence-electron chi connectivity index (χ4n) is 2.27. The number of halogens is 1. The average molecular weight is 238 g/mol. The van der Waals surface area contributed by atoms with Gasteiger partial charge in [-0.3, -0.25) is 0 Å². The number of hydrogen-bond acceptors (Lipinski definition) is 1. The number of rotatable bonds is 4. The molecule has 0 aliphatic heterocycles. The van der Waals surface area contributed by atoms with E-state index in [1.165, 1.54) is 36.0 Å². The van der Waals surface area contributed by atoms with Crippen LogP contribution in [0.15, 0.2) is 12.1 Å². The molecule has 0 bridgehead atoms. The standard InChI is InChI=1S/C14H20ClN/c1-9-7-13(15)10(2)6-12(9)14(16-3)8-11-4-5-11/h6-7,11,14,16H,4-5,8H2,1-3H3. The van der Waals surface area contributed by atoms with Crippen molar-refractivity contribution in [1.82, 2.24) is 5.32 Å². The Kier molecular flexibility index (Phi) is 3.56. The van der Waals surface area contributed by atoms with Crippen LogP contribution in [-0.2, 0) is 0 Å². The van der Waals surface area contributed by atoms with Gasteiger partial charge in [-0.1, -0.05) is 30.5 Å². The van der Waals surface area contributed by atoms with Crippen molar-refractivity contribution >= 4 is 11.6 Å². The Morgan fingerprint density at radius 3 is 2.56 bits per heavy atom. The van der Waals surface area contributed by atoms with Gasteiger partial charge < -0.3 is 5.32 Å². The molecule has 1 unspecified atom stereocenters. The van der Waals surface area contributed by atoms with Gasteiger partial charge in [0, 0.05) is 11.1 Å². The van der Waals surface area contributed by atoms with E-state index in [2.05, 4.69) is 38.3 Å². The maximum Gasteiger partial charge on any atom is 0.0438 e. The summed E-state index contributed by atoms with van der Waals surface area (Å²) in [5.74, 6) is 0.938. The van der Waals surface area contributed by atoms with Crippen molar-refractivity contribution in [1.29, 1.82) is 0 Å². The second-order valence-corrected chi connectivity index (χ2v) is 5.39. The van der Waals surface area contributed by atoms with Gasteiger partial charge >= 0.3 is 0 Å². The van der Waals surface area contributed by atoms with E-state index >= 15 is 0 Å². The van der Waals surface area contributed by atoms with Gasteiger partial charge in [-0.2, -0.15) is 0 Å². The highest BCUT2D eigenvalue weighted by Gasteiger charge is 2.26. The molecule has 1 aliphatic carbocycles. The quantitative estimate of drug-likeness (QED) is 0.834. The molecule has 1 fully saturated rings. The summed E-state index contributed by atoms with van der Waals surface area (Å²) >= 11 is 6.13. The van der Waals surface area contributed by atoms with E-state index in [0.717, 1.165) is 10.9 Å². The Labute approximate surface area is 103 Å². The van der Waals surface area contributed by atoms with Gasteiger partial charge in [-0.15, -0.1) is 0 Å². The molecule has 1 aromatic rings. The van der Waals surface area contributed by atoms with Crippen LogP contribution in [0.25, 0.3) is 0 Å². The van der Waals surface area contributed by atoms with Crippen molar-refractivity contribution in [2.45, 2.75) is 39.2 Å². The zero-order valence-corrected chi connectivity index (χ0v) is 11.1. The molecule has 0 radical (unpaired) electrons. The summed E-state index contributed by atoms with van der Waals surface area (Å²) in [6.07, 6.45) is 4.08. The zero-order valence-electron chi connectivity index (χ0n) is 10.3. The van der Waals surface area contributed by atoms with Crippen LogP contribution in [0.1, 0.15) is 42.0 Å². The highest BCUT2D eigenvalue weighted by atomic mass is 35.5. The molecular weight excluding hydrogens is 218 g/mol. The van der Waals surface area contributed by atoms with Gasteiger partial charge in [-0.25, -0.2) is 0 Å². The van der Waals surface area contributed by atoms with Crippen molar-refractivity contribution in [2.75, 3.05) is 7.05 Å². The topological polar surface area (TPSA) is 12.0 Å². The largest absolute Gasteiger partial charge is 0.313 e. The van der Waals surface area contributed by atoms with Gasteiger partial charge in [0.05, 0.1) is 0 Å². The third kappa shape index (κ3) is 2.58. The maximum absolute atomic E-state index is 6.13. The Balaban J connectivity index is 2.25. The number of benzene rings is 1. The van der Waals surface area contributed by atoms with Crippen LogP contribution in [0.2, 0.25) is 5.02 Å². The summed E-state index contributed by atoms with van der Waals surface area (Å²) in [6.45, 7) is 4.23. The van der Waals surface area contributed by atoms with Crippen molar-refractivity contribution in [3.8, 4) is 0 Å². The third-order valence-corrected chi connectivity index (χ3v) is 3.94. The van der Waals surface area contributed by atoms with Crippen LogP contribution >= 0.6 is 11.6 Å². The lowest BCUT2D eigenvalue weighted by atomic mass is 9.95. The minimum absolute atomic E-state index is 0.489. The van der Waals surface area contributed by atoms with Gasteiger partial charge in [0.2, 0.25) is 0 Å². The van der Waals surface area contributed by atoms with Crippen LogP contribution in [0, 0.1) is 19.8 Å². The number of aryl methyl sites for hydroxylation is 2. The Bertz CT molecular complexity index is 383. The number of hydrogen-bond donors (Lipinski definition) is 1. The third-order valence-electron chi connectivity index (χ3n) is 3.54. The summed E-state index contributed by atoms with van der Waals surface area (Å²) in [5, 5.41) is 4.31. The summed E-state index contributed by atoms with van der Waals surface area (Å²) in [4.78, 5) is 0. The predicted octanol–water partition coefficient (Wildman–Crippen LogP) is 4.02. The number of nitrogens with one attached hydrogen (secondary N) is 1. The van der Waals surface area contributed by atoms with Gasteiger partial charge in [0.25, 0.3) is 0 Å². The molecule has 1 aromatic carbocycles. The second kappa shape index (κ2) is 4.77. The first-order valence-electron chi connectivity index (χ1n) is 6.05. The summed E-state index contributed by atoms with van der Waals surface area (Å²) in [6, 6.07) is 4.81. The van der Waals surface area contributed by atoms with E-state index < -0.39 is 0 Å². The molecule has 16 heavy (non-hydrogen) atoms. The van der Waals surface area contributed by atoms with E-state index in [-0.39, 0.29) is 0 Å². The van der Waals surface area contributed by atoms with Crippen molar-refractivity contribution in [2.24, 2.45) is 5.92 Å². The Morgan fingerprint density at radius 1 is 1.31 bits per heavy atom. The molecule has 2 rings (SSSR count). The van der Waals surface area contributed by atoms with Gasteiger partial charge in [0.15, 0.2) is 0 Å². The smallest absolute Gasteiger partial charge is 0.0438 e. The molecule has 1 nitrogen and oxygen atoms in total. The monoisotopic (exact) mass is 237 g/mol. The molecular formula is C14H20ClN. The van der Waals surface area contributed by atoms with Crippen molar-refractivity contribution in [3.63, 3.8) is 0 Å². The Hall–Kier alpha value is -0.530. The summed E-state index contributed by atoms with van der Waals surface area (Å²) < 4.78 is 0. The van der Waals surface area contributed by atoms with Gasteiger partial charge in [-0.05, 0) is 56.0 Å². The van der Waals surface area contributed by atoms with Crippen molar-refractivity contribution in [3.05, 3.63) is 33.8 Å². The normalized spacial score (nSPS) is 17.5. The average Bonchev–Trinajstić information content (AvgIpc) is 3.04. The van der Waals surface area contributed by atoms with Crippen LogP contribution in [0.3, 0.4) is 0 Å². The van der Waals surface area contributed by atoms with E-state index in [9.17, 15) is 0 Å². The molecule has 1 saturated carbocycles. The first-order valence-corrected chi connectivity index (χ1v) is 6.43. The second-order valence-electron chi connectivity index (χ2n) is 4.98. The minimum atomic E-state index is 0.489. The van der Waals surface area contributed by atoms with Crippen LogP contribution < -0.4 is 5.32 Å². The predicted molar refractivity (Wildman–Crippen MR) is 70.1 cm³/mol. The first-order chi connectivity index (χ1) is 7.61. The SMILES string of the molecule is CNC(CC1CC1)c1cc(C)c(Cl)cc1C. The van der Waals surface area contributed by atoms with Gasteiger partial charge in [0.1, 0.15) is 0 Å². The lowest BCUT2D eigenvalue weighted by Crippen LogP contribution is -2.18. The molecule has 1 atom stereocenters. The fourth-order valence-corrected chi connectivity index (χ4v) is 2.48. The highest BCUT2D eigenvalue weighted by molar-refractivity contribution is 6.31. The van der Waals surface area contributed by atoms with Crippen LogP contribution in [0.4, 0.5) is 0 Å². The maximum atomic E-state index is 6.13. The molecule has 0 saturated heterocycles. The van der Waals surface area contributed by atoms with E-state index in [0.29, 0.717) is 6.04 Å². The molecule has 88 valence electrons. The van der Waals surface area contributed by atoms with E-state index in [1.807, 2.05) is 0 Å². The minimum Gasteiger partial charge on any atom is -0.313 e. The summed E-state index contributed by atoms with van der Waals surface area (Å²) in [7, 11) is 2.05. The molecule has 0 heterocycles. The lowest BCUT2D eigenvalue weighted by molar-refractivity contribution is 0.512. The van der Waals surface area contributed by atoms with Crippen LogP contribution in [-0.4, -0.2) is 7.05 Å². The molecule has 0 amide bonds. The first kappa shape index (κ1) is 11.9. The lowest BCUT2D eigenvalue weighted by Gasteiger charge is -2.20.